The Hall–Kier alpha value is -1.11. The molecular weight excluding hydrogens is 234 g/mol. The monoisotopic (exact) mass is 245 g/mol. The van der Waals surface area contributed by atoms with Gasteiger partial charge in [-0.3, -0.25) is 14.3 Å². The van der Waals surface area contributed by atoms with Crippen molar-refractivity contribution < 1.29 is 4.74 Å². The van der Waals surface area contributed by atoms with E-state index in [9.17, 15) is 9.59 Å². The Bertz CT molecular complexity index is 476. The van der Waals surface area contributed by atoms with Gasteiger partial charge in [0.2, 0.25) is 0 Å². The number of hydrogen-bond donors (Lipinski definition) is 2. The van der Waals surface area contributed by atoms with Crippen molar-refractivity contribution >= 4 is 11.6 Å². The van der Waals surface area contributed by atoms with E-state index in [0.29, 0.717) is 19.7 Å². The quantitative estimate of drug-likeness (QED) is 0.714. The van der Waals surface area contributed by atoms with Crippen molar-refractivity contribution in [3.05, 3.63) is 32.1 Å². The lowest BCUT2D eigenvalue weighted by atomic mass is 10.3. The smallest absolute Gasteiger partial charge is 0.328 e. The molecule has 0 bridgehead atoms. The molecule has 1 saturated heterocycles. The predicted molar refractivity (Wildman–Crippen MR) is 58.9 cm³/mol. The molecule has 16 heavy (non-hydrogen) atoms. The number of aromatic nitrogens is 2. The second kappa shape index (κ2) is 4.82. The van der Waals surface area contributed by atoms with Crippen LogP contribution in [0.5, 0.6) is 0 Å². The van der Waals surface area contributed by atoms with Crippen LogP contribution < -0.4 is 16.6 Å². The molecule has 1 aliphatic heterocycles. The zero-order chi connectivity index (χ0) is 11.5. The van der Waals surface area contributed by atoms with E-state index in [1.54, 1.807) is 0 Å². The van der Waals surface area contributed by atoms with Gasteiger partial charge in [0.15, 0.2) is 0 Å². The van der Waals surface area contributed by atoms with Crippen molar-refractivity contribution in [1.82, 2.24) is 14.9 Å². The third-order valence-electron chi connectivity index (χ3n) is 2.37. The molecule has 0 aromatic carbocycles. The number of ether oxygens (including phenoxy) is 1. The number of hydrogen-bond acceptors (Lipinski definition) is 4. The number of aromatic amines is 1. The molecule has 2 heterocycles. The maximum atomic E-state index is 11.4. The van der Waals surface area contributed by atoms with Gasteiger partial charge in [0, 0.05) is 19.3 Å². The minimum absolute atomic E-state index is 0.00312. The van der Waals surface area contributed by atoms with E-state index < -0.39 is 11.2 Å². The van der Waals surface area contributed by atoms with Crippen LogP contribution in [0, 0.1) is 0 Å². The molecule has 1 unspecified atom stereocenters. The highest BCUT2D eigenvalue weighted by atomic mass is 35.5. The van der Waals surface area contributed by atoms with Crippen LogP contribution in [0.25, 0.3) is 0 Å². The van der Waals surface area contributed by atoms with Crippen LogP contribution in [0.1, 0.15) is 0 Å². The van der Waals surface area contributed by atoms with E-state index >= 15 is 0 Å². The largest absolute Gasteiger partial charge is 0.374 e. The first-order chi connectivity index (χ1) is 7.66. The molecule has 88 valence electrons. The fourth-order valence-corrected chi connectivity index (χ4v) is 1.74. The normalized spacial score (nSPS) is 20.9. The maximum Gasteiger partial charge on any atom is 0.328 e. The van der Waals surface area contributed by atoms with E-state index in [2.05, 4.69) is 10.3 Å². The van der Waals surface area contributed by atoms with Crippen molar-refractivity contribution in [2.75, 3.05) is 19.7 Å². The Balaban J connectivity index is 2.17. The molecule has 1 aromatic heterocycles. The number of rotatable bonds is 2. The zero-order valence-electron chi connectivity index (χ0n) is 8.53. The Morgan fingerprint density at radius 1 is 1.56 bits per heavy atom. The molecular formula is C9H12ClN3O3. The second-order valence-corrected chi connectivity index (χ2v) is 3.99. The number of H-pyrrole nitrogens is 1. The van der Waals surface area contributed by atoms with Crippen LogP contribution in [0.3, 0.4) is 0 Å². The number of nitrogens with zero attached hydrogens (tertiary/aromatic N) is 1. The van der Waals surface area contributed by atoms with Crippen LogP contribution >= 0.6 is 11.6 Å². The molecule has 2 N–H and O–H groups in total. The standard InChI is InChI=1S/C9H12ClN3O3/c10-7-5-13(9(15)12-8(7)14)4-6-3-11-1-2-16-6/h5-6,11H,1-4H2,(H,12,14,15). The third-order valence-corrected chi connectivity index (χ3v) is 2.64. The summed E-state index contributed by atoms with van der Waals surface area (Å²) in [4.78, 5) is 24.6. The van der Waals surface area contributed by atoms with E-state index in [-0.39, 0.29) is 11.1 Å². The molecule has 0 radical (unpaired) electrons. The summed E-state index contributed by atoms with van der Waals surface area (Å²) in [5.74, 6) is 0. The molecule has 0 saturated carbocycles. The summed E-state index contributed by atoms with van der Waals surface area (Å²) >= 11 is 5.64. The number of halogens is 1. The highest BCUT2D eigenvalue weighted by molar-refractivity contribution is 6.30. The predicted octanol–water partition coefficient (Wildman–Crippen LogP) is -0.822. The van der Waals surface area contributed by atoms with Gasteiger partial charge in [0.05, 0.1) is 19.3 Å². The summed E-state index contributed by atoms with van der Waals surface area (Å²) in [5, 5.41) is 3.16. The van der Waals surface area contributed by atoms with Crippen LogP contribution in [0.15, 0.2) is 15.8 Å². The van der Waals surface area contributed by atoms with Gasteiger partial charge >= 0.3 is 5.69 Å². The Morgan fingerprint density at radius 2 is 2.38 bits per heavy atom. The Kier molecular flexibility index (Phi) is 3.42. The third kappa shape index (κ3) is 2.52. The van der Waals surface area contributed by atoms with Gasteiger partial charge in [0.1, 0.15) is 5.02 Å². The molecule has 0 amide bonds. The highest BCUT2D eigenvalue weighted by Gasteiger charge is 2.15. The molecule has 1 atom stereocenters. The first-order valence-corrected chi connectivity index (χ1v) is 5.36. The molecule has 2 rings (SSSR count). The molecule has 1 aliphatic rings. The summed E-state index contributed by atoms with van der Waals surface area (Å²) in [6.45, 7) is 2.50. The summed E-state index contributed by atoms with van der Waals surface area (Å²) < 4.78 is 6.80. The fraction of sp³-hybridized carbons (Fsp3) is 0.556. The fourth-order valence-electron chi connectivity index (χ4n) is 1.57. The van der Waals surface area contributed by atoms with Crippen LogP contribution in [0.2, 0.25) is 5.02 Å². The molecule has 7 heteroatoms. The van der Waals surface area contributed by atoms with Gasteiger partial charge in [-0.1, -0.05) is 11.6 Å². The van der Waals surface area contributed by atoms with Gasteiger partial charge in [0.25, 0.3) is 5.56 Å². The first kappa shape index (κ1) is 11.4. The Morgan fingerprint density at radius 3 is 3.06 bits per heavy atom. The average Bonchev–Trinajstić information content (AvgIpc) is 2.27. The average molecular weight is 246 g/mol. The minimum Gasteiger partial charge on any atom is -0.374 e. The summed E-state index contributed by atoms with van der Waals surface area (Å²) in [7, 11) is 0. The molecule has 6 nitrogen and oxygen atoms in total. The lowest BCUT2D eigenvalue weighted by molar-refractivity contribution is 0.0174. The van der Waals surface area contributed by atoms with Gasteiger partial charge in [-0.15, -0.1) is 0 Å². The van der Waals surface area contributed by atoms with Gasteiger partial charge in [-0.05, 0) is 0 Å². The van der Waals surface area contributed by atoms with E-state index in [0.717, 1.165) is 6.54 Å². The van der Waals surface area contributed by atoms with Crippen molar-refractivity contribution in [2.45, 2.75) is 12.6 Å². The van der Waals surface area contributed by atoms with Gasteiger partial charge in [-0.25, -0.2) is 4.79 Å². The van der Waals surface area contributed by atoms with Crippen LogP contribution in [-0.2, 0) is 11.3 Å². The zero-order valence-corrected chi connectivity index (χ0v) is 9.29. The second-order valence-electron chi connectivity index (χ2n) is 3.59. The summed E-state index contributed by atoms with van der Waals surface area (Å²) in [6.07, 6.45) is 1.26. The summed E-state index contributed by atoms with van der Waals surface area (Å²) in [5.41, 5.74) is -1.03. The highest BCUT2D eigenvalue weighted by Crippen LogP contribution is 2.01. The minimum atomic E-state index is -0.564. The Labute approximate surface area is 96.2 Å². The van der Waals surface area contributed by atoms with Crippen LogP contribution in [-0.4, -0.2) is 35.4 Å². The SMILES string of the molecule is O=c1[nH]c(=O)n(CC2CNCCO2)cc1Cl. The molecule has 0 spiro atoms. The van der Waals surface area contributed by atoms with Crippen molar-refractivity contribution in [2.24, 2.45) is 0 Å². The van der Waals surface area contributed by atoms with E-state index in [4.69, 9.17) is 16.3 Å². The first-order valence-electron chi connectivity index (χ1n) is 4.98. The maximum absolute atomic E-state index is 11.4. The molecule has 1 fully saturated rings. The summed E-state index contributed by atoms with van der Waals surface area (Å²) in [6, 6.07) is 0. The van der Waals surface area contributed by atoms with E-state index in [1.807, 2.05) is 0 Å². The lowest BCUT2D eigenvalue weighted by Crippen LogP contribution is -2.43. The van der Waals surface area contributed by atoms with Crippen LogP contribution in [0.4, 0.5) is 0 Å². The van der Waals surface area contributed by atoms with Crippen molar-refractivity contribution in [3.8, 4) is 0 Å². The van der Waals surface area contributed by atoms with Crippen molar-refractivity contribution in [3.63, 3.8) is 0 Å². The lowest BCUT2D eigenvalue weighted by Gasteiger charge is -2.23. The van der Waals surface area contributed by atoms with Crippen molar-refractivity contribution in [1.29, 1.82) is 0 Å². The number of morpholine rings is 1. The molecule has 0 aliphatic carbocycles. The van der Waals surface area contributed by atoms with Gasteiger partial charge in [-0.2, -0.15) is 0 Å². The number of nitrogens with one attached hydrogen (secondary N) is 2. The topological polar surface area (TPSA) is 76.1 Å². The van der Waals surface area contributed by atoms with E-state index in [1.165, 1.54) is 10.8 Å². The van der Waals surface area contributed by atoms with Gasteiger partial charge < -0.3 is 10.1 Å². The molecule has 1 aromatic rings.